The van der Waals surface area contributed by atoms with Crippen molar-refractivity contribution in [3.63, 3.8) is 0 Å². The standard InChI is InChI=1S/C41H32F3N3O3/c1-47-34-14-8-6-12-32(34)38(48)36(40(47)50)35(27-19-21-29(22-20-27)41(42,43)44)37-31(30-11-5-7-13-33(30)46-37)23-24-45-39(49)28-17-15-26(16-18-28)25-9-3-2-4-10-25/h2-22,35,46,48H,23-24H2,1H3,(H,45,49). The number of hydrogen-bond acceptors (Lipinski definition) is 3. The molecule has 0 aliphatic heterocycles. The highest BCUT2D eigenvalue weighted by Crippen LogP contribution is 2.42. The van der Waals surface area contributed by atoms with Crippen LogP contribution in [-0.2, 0) is 19.6 Å². The number of amides is 1. The minimum Gasteiger partial charge on any atom is -0.507 e. The summed E-state index contributed by atoms with van der Waals surface area (Å²) in [5, 5.41) is 16.0. The number of nitrogens with zero attached hydrogens (tertiary/aromatic N) is 1. The molecule has 1 amide bonds. The Bertz CT molecular complexity index is 2400. The van der Waals surface area contributed by atoms with Crippen molar-refractivity contribution in [2.75, 3.05) is 6.54 Å². The van der Waals surface area contributed by atoms with Gasteiger partial charge in [0.15, 0.2) is 0 Å². The third kappa shape index (κ3) is 6.02. The molecule has 3 N–H and O–H groups in total. The van der Waals surface area contributed by atoms with Crippen LogP contribution in [0.4, 0.5) is 13.2 Å². The largest absolute Gasteiger partial charge is 0.507 e. The van der Waals surface area contributed by atoms with Crippen LogP contribution in [0.2, 0.25) is 0 Å². The quantitative estimate of drug-likeness (QED) is 0.151. The SMILES string of the molecule is Cn1c(=O)c(C(c2ccc(C(F)(F)F)cc2)c2[nH]c3ccccc3c2CCNC(=O)c2ccc(-c3ccccc3)cc2)c(O)c2ccccc21. The fourth-order valence-electron chi connectivity index (χ4n) is 6.69. The summed E-state index contributed by atoms with van der Waals surface area (Å²) in [7, 11) is 1.60. The van der Waals surface area contributed by atoms with Crippen LogP contribution >= 0.6 is 0 Å². The highest BCUT2D eigenvalue weighted by Gasteiger charge is 2.33. The van der Waals surface area contributed by atoms with Crippen molar-refractivity contribution in [1.82, 2.24) is 14.9 Å². The maximum absolute atomic E-state index is 14.1. The number of H-pyrrole nitrogens is 1. The number of nitrogens with one attached hydrogen (secondary N) is 2. The Kier molecular flexibility index (Phi) is 8.49. The average molecular weight is 672 g/mol. The fourth-order valence-corrected chi connectivity index (χ4v) is 6.69. The molecular weight excluding hydrogens is 639 g/mol. The molecule has 0 aliphatic carbocycles. The zero-order valence-corrected chi connectivity index (χ0v) is 27.0. The van der Waals surface area contributed by atoms with Crippen LogP contribution in [0.15, 0.2) is 132 Å². The highest BCUT2D eigenvalue weighted by atomic mass is 19.4. The number of aromatic amines is 1. The van der Waals surface area contributed by atoms with E-state index in [2.05, 4.69) is 10.3 Å². The summed E-state index contributed by atoms with van der Waals surface area (Å²) in [5.74, 6) is -1.47. The van der Waals surface area contributed by atoms with Gasteiger partial charge < -0.3 is 20.0 Å². The monoisotopic (exact) mass is 671 g/mol. The van der Waals surface area contributed by atoms with Crippen LogP contribution in [0.1, 0.15) is 44.2 Å². The number of aromatic nitrogens is 2. The molecule has 9 heteroatoms. The fraction of sp³-hybridized carbons (Fsp3) is 0.122. The van der Waals surface area contributed by atoms with E-state index in [0.717, 1.165) is 39.7 Å². The first-order chi connectivity index (χ1) is 24.1. The summed E-state index contributed by atoms with van der Waals surface area (Å²) < 4.78 is 42.3. The number of carbonyl (C=O) groups is 1. The Morgan fingerprint density at radius 1 is 0.800 bits per heavy atom. The molecule has 0 fully saturated rings. The molecule has 50 heavy (non-hydrogen) atoms. The van der Waals surface area contributed by atoms with E-state index >= 15 is 0 Å². The lowest BCUT2D eigenvalue weighted by molar-refractivity contribution is -0.137. The summed E-state index contributed by atoms with van der Waals surface area (Å²) in [6.45, 7) is 0.232. The van der Waals surface area contributed by atoms with Crippen LogP contribution in [0.5, 0.6) is 5.75 Å². The number of halogens is 3. The van der Waals surface area contributed by atoms with Gasteiger partial charge in [0.2, 0.25) is 0 Å². The minimum atomic E-state index is -4.55. The molecule has 0 radical (unpaired) electrons. The van der Waals surface area contributed by atoms with Crippen LogP contribution in [0.3, 0.4) is 0 Å². The Morgan fingerprint density at radius 3 is 2.12 bits per heavy atom. The number of fused-ring (bicyclic) bond motifs is 2. The van der Waals surface area contributed by atoms with Gasteiger partial charge in [0.1, 0.15) is 5.75 Å². The summed E-state index contributed by atoms with van der Waals surface area (Å²) in [6.07, 6.45) is -4.22. The minimum absolute atomic E-state index is 0.0290. The Labute approximate surface area is 285 Å². The molecule has 0 bridgehead atoms. The van der Waals surface area contributed by atoms with Gasteiger partial charge in [-0.25, -0.2) is 0 Å². The van der Waals surface area contributed by atoms with Crippen molar-refractivity contribution in [3.8, 4) is 16.9 Å². The number of para-hydroxylation sites is 2. The first-order valence-electron chi connectivity index (χ1n) is 16.1. The van der Waals surface area contributed by atoms with Crippen molar-refractivity contribution in [3.05, 3.63) is 171 Å². The van der Waals surface area contributed by atoms with Crippen molar-refractivity contribution in [1.29, 1.82) is 0 Å². The van der Waals surface area contributed by atoms with Crippen LogP contribution < -0.4 is 10.9 Å². The molecule has 7 aromatic rings. The normalized spacial score (nSPS) is 12.3. The van der Waals surface area contributed by atoms with Crippen molar-refractivity contribution < 1.29 is 23.1 Å². The zero-order chi connectivity index (χ0) is 35.0. The van der Waals surface area contributed by atoms with E-state index in [1.54, 1.807) is 43.4 Å². The molecule has 250 valence electrons. The number of pyridine rings is 1. The third-order valence-corrected chi connectivity index (χ3v) is 9.22. The molecule has 6 nitrogen and oxygen atoms in total. The highest BCUT2D eigenvalue weighted by molar-refractivity contribution is 5.95. The molecule has 2 heterocycles. The van der Waals surface area contributed by atoms with Crippen LogP contribution in [-0.4, -0.2) is 27.1 Å². The molecule has 5 aromatic carbocycles. The lowest BCUT2D eigenvalue weighted by Gasteiger charge is -2.22. The molecule has 0 saturated carbocycles. The van der Waals surface area contributed by atoms with Crippen LogP contribution in [0, 0.1) is 0 Å². The van der Waals surface area contributed by atoms with Crippen LogP contribution in [0.25, 0.3) is 32.9 Å². The molecule has 7 rings (SSSR count). The van der Waals surface area contributed by atoms with Gasteiger partial charge in [-0.3, -0.25) is 9.59 Å². The maximum Gasteiger partial charge on any atom is 0.416 e. The van der Waals surface area contributed by atoms with Gasteiger partial charge in [0.05, 0.1) is 22.6 Å². The smallest absolute Gasteiger partial charge is 0.416 e. The third-order valence-electron chi connectivity index (χ3n) is 9.22. The summed E-state index contributed by atoms with van der Waals surface area (Å²) in [6, 6.07) is 36.3. The average Bonchev–Trinajstić information content (AvgIpc) is 3.50. The Hall–Kier alpha value is -6.09. The number of aryl methyl sites for hydroxylation is 1. The van der Waals surface area contributed by atoms with Gasteiger partial charge in [-0.1, -0.05) is 84.9 Å². The number of hydrogen-bond donors (Lipinski definition) is 3. The van der Waals surface area contributed by atoms with E-state index in [9.17, 15) is 27.9 Å². The second-order valence-electron chi connectivity index (χ2n) is 12.2. The molecule has 0 saturated heterocycles. The molecule has 1 unspecified atom stereocenters. The Morgan fingerprint density at radius 2 is 1.42 bits per heavy atom. The first-order valence-corrected chi connectivity index (χ1v) is 16.1. The molecule has 0 spiro atoms. The van der Waals surface area contributed by atoms with Gasteiger partial charge in [-0.2, -0.15) is 13.2 Å². The topological polar surface area (TPSA) is 87.1 Å². The maximum atomic E-state index is 14.1. The zero-order valence-electron chi connectivity index (χ0n) is 27.0. The molecule has 0 aliphatic rings. The lowest BCUT2D eigenvalue weighted by atomic mass is 9.84. The predicted octanol–water partition coefficient (Wildman–Crippen LogP) is 8.56. The van der Waals surface area contributed by atoms with Crippen molar-refractivity contribution in [2.45, 2.75) is 18.5 Å². The van der Waals surface area contributed by atoms with E-state index in [0.29, 0.717) is 34.1 Å². The van der Waals surface area contributed by atoms with E-state index in [-0.39, 0.29) is 23.8 Å². The molecule has 1 atom stereocenters. The predicted molar refractivity (Wildman–Crippen MR) is 189 cm³/mol. The second kappa shape index (κ2) is 13.1. The first kappa shape index (κ1) is 32.5. The Balaban J connectivity index is 1.29. The van der Waals surface area contributed by atoms with Gasteiger partial charge in [0.25, 0.3) is 11.5 Å². The number of rotatable bonds is 8. The lowest BCUT2D eigenvalue weighted by Crippen LogP contribution is -2.27. The van der Waals surface area contributed by atoms with Gasteiger partial charge >= 0.3 is 6.18 Å². The van der Waals surface area contributed by atoms with Gasteiger partial charge in [-0.15, -0.1) is 0 Å². The number of alkyl halides is 3. The summed E-state index contributed by atoms with van der Waals surface area (Å²) >= 11 is 0. The van der Waals surface area contributed by atoms with E-state index in [1.165, 1.54) is 16.7 Å². The van der Waals surface area contributed by atoms with E-state index in [1.807, 2.05) is 66.7 Å². The molecular formula is C41H32F3N3O3. The second-order valence-corrected chi connectivity index (χ2v) is 12.2. The summed E-state index contributed by atoms with van der Waals surface area (Å²) in [5.41, 5.74) is 4.19. The number of aromatic hydroxyl groups is 1. The number of carbonyl (C=O) groups excluding carboxylic acids is 1. The van der Waals surface area contributed by atoms with Gasteiger partial charge in [0, 0.05) is 41.1 Å². The molecule has 2 aromatic heterocycles. The van der Waals surface area contributed by atoms with Crippen molar-refractivity contribution >= 4 is 27.7 Å². The van der Waals surface area contributed by atoms with E-state index < -0.39 is 23.2 Å². The van der Waals surface area contributed by atoms with Gasteiger partial charge in [-0.05, 0) is 71.1 Å². The van der Waals surface area contributed by atoms with E-state index in [4.69, 9.17) is 0 Å². The van der Waals surface area contributed by atoms with Crippen molar-refractivity contribution in [2.24, 2.45) is 7.05 Å². The number of benzene rings is 5. The summed E-state index contributed by atoms with van der Waals surface area (Å²) in [4.78, 5) is 30.7.